The molecule has 0 saturated heterocycles. The summed E-state index contributed by atoms with van der Waals surface area (Å²) in [6, 6.07) is 0. The summed E-state index contributed by atoms with van der Waals surface area (Å²) in [5.41, 5.74) is 2.30. The lowest BCUT2D eigenvalue weighted by atomic mass is 10.0. The maximum absolute atomic E-state index is 10.2. The van der Waals surface area contributed by atoms with Crippen LogP contribution in [0.4, 0.5) is 4.79 Å². The molecule has 0 aromatic heterocycles. The summed E-state index contributed by atoms with van der Waals surface area (Å²) >= 11 is 0. The van der Waals surface area contributed by atoms with Gasteiger partial charge in [-0.25, -0.2) is 4.79 Å². The van der Waals surface area contributed by atoms with Crippen molar-refractivity contribution >= 4 is 6.09 Å². The average molecular weight is 197 g/mol. The Bertz CT molecular complexity index is 252. The van der Waals surface area contributed by atoms with Crippen molar-refractivity contribution in [1.29, 1.82) is 0 Å². The molecule has 0 saturated carbocycles. The fourth-order valence-corrected chi connectivity index (χ4v) is 0.740. The van der Waals surface area contributed by atoms with Crippen LogP contribution in [0.15, 0.2) is 23.3 Å². The van der Waals surface area contributed by atoms with E-state index in [2.05, 4.69) is 26.1 Å². The standard InChI is InChI=1S/C11H19NO2/c1-8(2)10(4)6-5-9(3)7-12-11(13)14/h5-6,8,12H,7H2,1-4H3,(H,13,14)/b9-5+,10-6+. The normalized spacial score (nSPS) is 13.2. The van der Waals surface area contributed by atoms with Gasteiger partial charge in [0.05, 0.1) is 0 Å². The molecule has 0 aliphatic heterocycles. The minimum Gasteiger partial charge on any atom is -0.465 e. The predicted octanol–water partition coefficient (Wildman–Crippen LogP) is 2.80. The van der Waals surface area contributed by atoms with E-state index in [1.807, 2.05) is 19.1 Å². The Balaban J connectivity index is 4.11. The van der Waals surface area contributed by atoms with Gasteiger partial charge in [-0.05, 0) is 19.8 Å². The van der Waals surface area contributed by atoms with Gasteiger partial charge < -0.3 is 10.4 Å². The van der Waals surface area contributed by atoms with Gasteiger partial charge in [0, 0.05) is 6.54 Å². The molecule has 0 unspecified atom stereocenters. The monoisotopic (exact) mass is 197 g/mol. The molecular formula is C11H19NO2. The van der Waals surface area contributed by atoms with Crippen molar-refractivity contribution in [3.05, 3.63) is 23.3 Å². The van der Waals surface area contributed by atoms with Crippen molar-refractivity contribution in [3.8, 4) is 0 Å². The van der Waals surface area contributed by atoms with Gasteiger partial charge in [-0.2, -0.15) is 0 Å². The quantitative estimate of drug-likeness (QED) is 0.681. The second-order valence-corrected chi connectivity index (χ2v) is 3.74. The number of amides is 1. The number of carbonyl (C=O) groups is 1. The van der Waals surface area contributed by atoms with E-state index in [4.69, 9.17) is 5.11 Å². The zero-order chi connectivity index (χ0) is 11.1. The lowest BCUT2D eigenvalue weighted by Gasteiger charge is -2.03. The first-order chi connectivity index (χ1) is 6.43. The third-order valence-electron chi connectivity index (χ3n) is 2.06. The maximum atomic E-state index is 10.2. The summed E-state index contributed by atoms with van der Waals surface area (Å²) in [5, 5.41) is 10.7. The zero-order valence-electron chi connectivity index (χ0n) is 9.29. The molecule has 0 atom stereocenters. The van der Waals surface area contributed by atoms with Crippen LogP contribution in [0.1, 0.15) is 27.7 Å². The highest BCUT2D eigenvalue weighted by atomic mass is 16.4. The Hall–Kier alpha value is -1.25. The Kier molecular flexibility index (Phi) is 5.68. The molecule has 0 aliphatic carbocycles. The van der Waals surface area contributed by atoms with Gasteiger partial charge in [0.1, 0.15) is 0 Å². The fraction of sp³-hybridized carbons (Fsp3) is 0.545. The van der Waals surface area contributed by atoms with Crippen molar-refractivity contribution in [2.24, 2.45) is 5.92 Å². The van der Waals surface area contributed by atoms with E-state index in [0.29, 0.717) is 12.5 Å². The first-order valence-corrected chi connectivity index (χ1v) is 4.74. The number of hydrogen-bond acceptors (Lipinski definition) is 1. The first kappa shape index (κ1) is 12.8. The van der Waals surface area contributed by atoms with Gasteiger partial charge in [-0.1, -0.05) is 37.1 Å². The summed E-state index contributed by atoms with van der Waals surface area (Å²) in [6.07, 6.45) is 3.00. The molecule has 80 valence electrons. The largest absolute Gasteiger partial charge is 0.465 e. The van der Waals surface area contributed by atoms with Gasteiger partial charge in [0.25, 0.3) is 0 Å². The molecule has 0 fully saturated rings. The smallest absolute Gasteiger partial charge is 0.404 e. The van der Waals surface area contributed by atoms with Gasteiger partial charge in [-0.15, -0.1) is 0 Å². The van der Waals surface area contributed by atoms with E-state index in [0.717, 1.165) is 5.57 Å². The summed E-state index contributed by atoms with van der Waals surface area (Å²) in [6.45, 7) is 8.62. The Morgan fingerprint density at radius 1 is 1.36 bits per heavy atom. The average Bonchev–Trinajstić information content (AvgIpc) is 2.10. The molecule has 0 aromatic rings. The van der Waals surface area contributed by atoms with Crippen molar-refractivity contribution in [3.63, 3.8) is 0 Å². The summed E-state index contributed by atoms with van der Waals surface area (Å²) in [7, 11) is 0. The van der Waals surface area contributed by atoms with Crippen LogP contribution >= 0.6 is 0 Å². The van der Waals surface area contributed by atoms with Crippen molar-refractivity contribution < 1.29 is 9.90 Å². The molecule has 14 heavy (non-hydrogen) atoms. The van der Waals surface area contributed by atoms with Crippen molar-refractivity contribution in [2.75, 3.05) is 6.54 Å². The highest BCUT2D eigenvalue weighted by molar-refractivity contribution is 5.64. The Morgan fingerprint density at radius 3 is 2.36 bits per heavy atom. The minimum absolute atomic E-state index is 0.386. The SMILES string of the molecule is C/C(=C\C=C(/C)C(C)C)CNC(=O)O. The summed E-state index contributed by atoms with van der Waals surface area (Å²) < 4.78 is 0. The third kappa shape index (κ3) is 6.29. The van der Waals surface area contributed by atoms with Crippen LogP contribution in [0.25, 0.3) is 0 Å². The van der Waals surface area contributed by atoms with Crippen LogP contribution in [-0.2, 0) is 0 Å². The molecule has 0 spiro atoms. The second kappa shape index (κ2) is 6.24. The highest BCUT2D eigenvalue weighted by Gasteiger charge is 1.95. The highest BCUT2D eigenvalue weighted by Crippen LogP contribution is 2.08. The molecule has 0 bridgehead atoms. The number of allylic oxidation sites excluding steroid dienone is 3. The van der Waals surface area contributed by atoms with Gasteiger partial charge in [-0.3, -0.25) is 0 Å². The van der Waals surface area contributed by atoms with Crippen LogP contribution in [0.2, 0.25) is 0 Å². The first-order valence-electron chi connectivity index (χ1n) is 4.74. The van der Waals surface area contributed by atoms with E-state index in [-0.39, 0.29) is 0 Å². The van der Waals surface area contributed by atoms with E-state index in [9.17, 15) is 4.79 Å². The topological polar surface area (TPSA) is 49.3 Å². The molecule has 0 radical (unpaired) electrons. The predicted molar refractivity (Wildman–Crippen MR) is 58.4 cm³/mol. The number of nitrogens with one attached hydrogen (secondary N) is 1. The second-order valence-electron chi connectivity index (χ2n) is 3.74. The van der Waals surface area contributed by atoms with Crippen LogP contribution in [0.3, 0.4) is 0 Å². The van der Waals surface area contributed by atoms with Gasteiger partial charge in [0.2, 0.25) is 0 Å². The fourth-order valence-electron chi connectivity index (χ4n) is 0.740. The maximum Gasteiger partial charge on any atom is 0.404 e. The van der Waals surface area contributed by atoms with E-state index in [1.165, 1.54) is 5.57 Å². The molecule has 0 aromatic carbocycles. The zero-order valence-corrected chi connectivity index (χ0v) is 9.29. The molecular weight excluding hydrogens is 178 g/mol. The minimum atomic E-state index is -0.984. The van der Waals surface area contributed by atoms with Gasteiger partial charge >= 0.3 is 6.09 Å². The van der Waals surface area contributed by atoms with Crippen molar-refractivity contribution in [2.45, 2.75) is 27.7 Å². The van der Waals surface area contributed by atoms with Gasteiger partial charge in [0.15, 0.2) is 0 Å². The van der Waals surface area contributed by atoms with Crippen LogP contribution in [0.5, 0.6) is 0 Å². The Morgan fingerprint density at radius 2 is 1.93 bits per heavy atom. The molecule has 3 nitrogen and oxygen atoms in total. The molecule has 0 heterocycles. The van der Waals surface area contributed by atoms with Crippen LogP contribution in [0, 0.1) is 5.92 Å². The van der Waals surface area contributed by atoms with Crippen LogP contribution < -0.4 is 5.32 Å². The van der Waals surface area contributed by atoms with Crippen molar-refractivity contribution in [1.82, 2.24) is 5.32 Å². The molecule has 1 amide bonds. The molecule has 0 rings (SSSR count). The summed E-state index contributed by atoms with van der Waals surface area (Å²) in [5.74, 6) is 0.534. The molecule has 2 N–H and O–H groups in total. The Labute approximate surface area is 85.5 Å². The third-order valence-corrected chi connectivity index (χ3v) is 2.06. The number of rotatable bonds is 4. The van der Waals surface area contributed by atoms with Crippen LogP contribution in [-0.4, -0.2) is 17.7 Å². The summed E-state index contributed by atoms with van der Waals surface area (Å²) in [4.78, 5) is 10.2. The lowest BCUT2D eigenvalue weighted by molar-refractivity contribution is 0.195. The number of hydrogen-bond donors (Lipinski definition) is 2. The molecule has 0 aliphatic rings. The van der Waals surface area contributed by atoms with E-state index < -0.39 is 6.09 Å². The van der Waals surface area contributed by atoms with E-state index >= 15 is 0 Å². The molecule has 3 heteroatoms. The number of carboxylic acid groups (broad SMARTS) is 1. The van der Waals surface area contributed by atoms with E-state index in [1.54, 1.807) is 0 Å². The lowest BCUT2D eigenvalue weighted by Crippen LogP contribution is -2.22.